The van der Waals surface area contributed by atoms with E-state index in [1.54, 1.807) is 0 Å². The first-order valence-corrected chi connectivity index (χ1v) is 19.2. The highest BCUT2D eigenvalue weighted by atomic mass is 15.1. The van der Waals surface area contributed by atoms with Crippen molar-refractivity contribution >= 4 is 28.2 Å². The zero-order valence-corrected chi connectivity index (χ0v) is 31.9. The number of hydrogen-bond acceptors (Lipinski definition) is 2. The molecule has 3 aliphatic carbocycles. The van der Waals surface area contributed by atoms with Gasteiger partial charge in [0.05, 0.1) is 0 Å². The predicted octanol–water partition coefficient (Wildman–Crippen LogP) is 13.7. The molecule has 0 spiro atoms. The van der Waals surface area contributed by atoms with E-state index in [-0.39, 0.29) is 16.2 Å². The number of nitrogens with zero attached hydrogens (tertiary/aromatic N) is 2. The van der Waals surface area contributed by atoms with Crippen molar-refractivity contribution in [2.45, 2.75) is 57.8 Å². The molecule has 2 nitrogen and oxygen atoms in total. The van der Waals surface area contributed by atoms with Crippen molar-refractivity contribution in [3.63, 3.8) is 0 Å². The minimum absolute atomic E-state index is 0.0210. The van der Waals surface area contributed by atoms with Crippen LogP contribution < -0.4 is 4.90 Å². The molecule has 6 aromatic carbocycles. The Hall–Kier alpha value is -5.99. The molecule has 0 aliphatic heterocycles. The van der Waals surface area contributed by atoms with Crippen LogP contribution in [0.5, 0.6) is 0 Å². The summed E-state index contributed by atoms with van der Waals surface area (Å²) in [6.45, 7) is 14.3. The summed E-state index contributed by atoms with van der Waals surface area (Å²) in [5.74, 6) is 0. The van der Waals surface area contributed by atoms with Crippen LogP contribution in [-0.2, 0) is 16.2 Å². The molecule has 0 saturated heterocycles. The Labute approximate surface area is 319 Å². The predicted molar refractivity (Wildman–Crippen MR) is 227 cm³/mol. The van der Waals surface area contributed by atoms with Crippen molar-refractivity contribution in [2.75, 3.05) is 4.90 Å². The Morgan fingerprint density at radius 2 is 0.852 bits per heavy atom. The van der Waals surface area contributed by atoms with E-state index in [0.717, 1.165) is 28.2 Å². The van der Waals surface area contributed by atoms with Crippen LogP contribution in [-0.4, -0.2) is 4.98 Å². The van der Waals surface area contributed by atoms with Gasteiger partial charge in [0.1, 0.15) is 0 Å². The number of anilines is 3. The maximum atomic E-state index is 4.36. The van der Waals surface area contributed by atoms with E-state index in [2.05, 4.69) is 191 Å². The highest BCUT2D eigenvalue weighted by Gasteiger charge is 2.49. The molecule has 10 rings (SSSR count). The summed E-state index contributed by atoms with van der Waals surface area (Å²) < 4.78 is 0. The molecular weight excluding hydrogens is 653 g/mol. The summed E-state index contributed by atoms with van der Waals surface area (Å²) in [6, 6.07) is 54.2. The van der Waals surface area contributed by atoms with Gasteiger partial charge in [0.2, 0.25) is 0 Å². The lowest BCUT2D eigenvalue weighted by Crippen LogP contribution is -2.19. The van der Waals surface area contributed by atoms with Crippen LogP contribution in [0.4, 0.5) is 17.1 Å². The Bertz CT molecular complexity index is 2660. The Morgan fingerprint density at radius 3 is 1.50 bits per heavy atom. The van der Waals surface area contributed by atoms with Gasteiger partial charge in [-0.15, -0.1) is 0 Å². The van der Waals surface area contributed by atoms with Crippen molar-refractivity contribution in [3.05, 3.63) is 191 Å². The van der Waals surface area contributed by atoms with Crippen molar-refractivity contribution < 1.29 is 0 Å². The second-order valence-electron chi connectivity index (χ2n) is 16.9. The van der Waals surface area contributed by atoms with E-state index in [9.17, 15) is 0 Å². The fourth-order valence-electron chi connectivity index (χ4n) is 9.96. The summed E-state index contributed by atoms with van der Waals surface area (Å²) in [7, 11) is 0. The van der Waals surface area contributed by atoms with E-state index in [1.807, 2.05) is 18.5 Å². The van der Waals surface area contributed by atoms with Crippen LogP contribution in [0, 0.1) is 0 Å². The Morgan fingerprint density at radius 1 is 0.370 bits per heavy atom. The molecule has 0 bridgehead atoms. The Balaban J connectivity index is 1.04. The lowest BCUT2D eigenvalue weighted by molar-refractivity contribution is 0.660. The Kier molecular flexibility index (Phi) is 6.95. The maximum Gasteiger partial charge on any atom is 0.0465 e. The number of pyridine rings is 1. The minimum Gasteiger partial charge on any atom is -0.310 e. The molecular formula is C52H44N2. The highest BCUT2D eigenvalue weighted by molar-refractivity contribution is 6.09. The van der Waals surface area contributed by atoms with Gasteiger partial charge in [0, 0.05) is 45.7 Å². The van der Waals surface area contributed by atoms with Gasteiger partial charge in [-0.1, -0.05) is 139 Å². The van der Waals surface area contributed by atoms with Gasteiger partial charge in [-0.3, -0.25) is 4.98 Å². The van der Waals surface area contributed by atoms with E-state index in [4.69, 9.17) is 0 Å². The number of fused-ring (bicyclic) bond motifs is 7. The average Bonchev–Trinajstić information content (AvgIpc) is 3.70. The number of hydrogen-bond donors (Lipinski definition) is 0. The highest BCUT2D eigenvalue weighted by Crippen LogP contribution is 2.62. The fraction of sp³-hybridized carbons (Fsp3) is 0.173. The zero-order valence-electron chi connectivity index (χ0n) is 31.9. The smallest absolute Gasteiger partial charge is 0.0465 e. The van der Waals surface area contributed by atoms with E-state index < -0.39 is 0 Å². The second-order valence-corrected chi connectivity index (χ2v) is 16.9. The van der Waals surface area contributed by atoms with Crippen molar-refractivity contribution in [3.8, 4) is 33.4 Å². The second kappa shape index (κ2) is 11.5. The first kappa shape index (κ1) is 32.6. The molecule has 0 saturated carbocycles. The first-order chi connectivity index (χ1) is 26.0. The number of allylic oxidation sites excluding steroid dienone is 2. The molecule has 54 heavy (non-hydrogen) atoms. The third-order valence-corrected chi connectivity index (χ3v) is 12.7. The molecule has 3 aliphatic rings. The maximum absolute atomic E-state index is 4.36. The summed E-state index contributed by atoms with van der Waals surface area (Å²) in [5.41, 5.74) is 22.0. The number of rotatable bonds is 5. The van der Waals surface area contributed by atoms with Crippen LogP contribution in [0.2, 0.25) is 0 Å². The average molecular weight is 697 g/mol. The molecule has 1 heterocycles. The summed E-state index contributed by atoms with van der Waals surface area (Å²) in [6.07, 6.45) is 3.75. The lowest BCUT2D eigenvalue weighted by atomic mass is 9.75. The van der Waals surface area contributed by atoms with Crippen LogP contribution >= 0.6 is 0 Å². The molecule has 262 valence electrons. The van der Waals surface area contributed by atoms with E-state index in [1.165, 1.54) is 66.8 Å². The molecule has 7 aromatic rings. The van der Waals surface area contributed by atoms with Crippen molar-refractivity contribution in [2.24, 2.45) is 0 Å². The van der Waals surface area contributed by atoms with Gasteiger partial charge in [0.25, 0.3) is 0 Å². The zero-order chi connectivity index (χ0) is 37.0. The molecule has 0 fully saturated rings. The first-order valence-electron chi connectivity index (χ1n) is 19.2. The van der Waals surface area contributed by atoms with Crippen LogP contribution in [0.3, 0.4) is 0 Å². The largest absolute Gasteiger partial charge is 0.310 e. The standard InChI is InChI=1S/C52H44N2/c1-50(2)44-15-9-7-13-40(44)41-28-26-39(31-47(41)50)54(38-24-19-34(20-25-38)36-12-11-29-53-32-36)37-22-17-33(18-23-37)35-21-27-43-46(30-35)52(5,6)48-42-14-8-10-16-45(42)51(3,4)49(43)48/h7-32H,1-6H3. The van der Waals surface area contributed by atoms with Gasteiger partial charge in [-0.2, -0.15) is 0 Å². The minimum atomic E-state index is -0.0880. The summed E-state index contributed by atoms with van der Waals surface area (Å²) in [5, 5.41) is 0. The van der Waals surface area contributed by atoms with Gasteiger partial charge < -0.3 is 4.90 Å². The quantitative estimate of drug-likeness (QED) is 0.178. The monoisotopic (exact) mass is 696 g/mol. The molecule has 0 N–H and O–H groups in total. The van der Waals surface area contributed by atoms with Crippen LogP contribution in [0.15, 0.2) is 158 Å². The lowest BCUT2D eigenvalue weighted by Gasteiger charge is -2.29. The fourth-order valence-corrected chi connectivity index (χ4v) is 9.96. The number of benzene rings is 6. The molecule has 0 atom stereocenters. The van der Waals surface area contributed by atoms with Gasteiger partial charge in [-0.25, -0.2) is 0 Å². The molecule has 1 aromatic heterocycles. The summed E-state index contributed by atoms with van der Waals surface area (Å²) >= 11 is 0. The van der Waals surface area contributed by atoms with Crippen molar-refractivity contribution in [1.82, 2.24) is 4.98 Å². The molecule has 0 radical (unpaired) electrons. The number of aromatic nitrogens is 1. The van der Waals surface area contributed by atoms with Gasteiger partial charge >= 0.3 is 0 Å². The molecule has 2 heteroatoms. The van der Waals surface area contributed by atoms with Gasteiger partial charge in [-0.05, 0) is 126 Å². The van der Waals surface area contributed by atoms with Crippen LogP contribution in [0.1, 0.15) is 74.9 Å². The summed E-state index contributed by atoms with van der Waals surface area (Å²) in [4.78, 5) is 6.75. The van der Waals surface area contributed by atoms with Crippen LogP contribution in [0.25, 0.3) is 44.5 Å². The normalized spacial score (nSPS) is 16.3. The topological polar surface area (TPSA) is 16.1 Å². The molecule has 0 unspecified atom stereocenters. The van der Waals surface area contributed by atoms with Crippen molar-refractivity contribution in [1.29, 1.82) is 0 Å². The van der Waals surface area contributed by atoms with Gasteiger partial charge in [0.15, 0.2) is 0 Å². The third kappa shape index (κ3) is 4.62. The van der Waals surface area contributed by atoms with E-state index in [0.29, 0.717) is 0 Å². The molecule has 0 amide bonds. The van der Waals surface area contributed by atoms with E-state index >= 15 is 0 Å². The third-order valence-electron chi connectivity index (χ3n) is 12.7. The SMILES string of the molecule is CC1(C)C2=C(c3ccccc31)C(C)(C)c1cc(-c3ccc(N(c4ccc(-c5cccnc5)cc4)c4ccc5c(c4)C(C)(C)c4ccccc4-5)cc3)ccc12.